The fourth-order valence-corrected chi connectivity index (χ4v) is 2.84. The quantitative estimate of drug-likeness (QED) is 0.533. The van der Waals surface area contributed by atoms with Gasteiger partial charge in [-0.2, -0.15) is 16.6 Å². The molecule has 6 nitrogen and oxygen atoms in total. The molecule has 0 heterocycles. The van der Waals surface area contributed by atoms with Gasteiger partial charge in [-0.1, -0.05) is 0 Å². The second-order valence-corrected chi connectivity index (χ2v) is 5.82. The first-order chi connectivity index (χ1) is 6.67. The van der Waals surface area contributed by atoms with E-state index in [0.29, 0.717) is 0 Å². The normalized spacial score (nSPS) is 20.5. The third-order valence-corrected chi connectivity index (χ3v) is 4.35. The summed E-state index contributed by atoms with van der Waals surface area (Å²) in [5, 5.41) is 0. The van der Waals surface area contributed by atoms with E-state index in [2.05, 4.69) is 0 Å². The molecule has 4 atom stereocenters. The summed E-state index contributed by atoms with van der Waals surface area (Å²) in [6, 6.07) is 0. The Kier molecular flexibility index (Phi) is 6.19. The van der Waals surface area contributed by atoms with Gasteiger partial charge in [-0.25, -0.2) is 8.42 Å². The molecule has 4 unspecified atom stereocenters. The van der Waals surface area contributed by atoms with Crippen LogP contribution in [0, 0.1) is 0 Å². The second kappa shape index (κ2) is 6.09. The standard InChI is InChI=1S/CF4N2O4S4/c2-1(3,12(8)6-14(4)10)13(9)7-15(5)11/q-2. The lowest BCUT2D eigenvalue weighted by Gasteiger charge is -2.26. The van der Waals surface area contributed by atoms with E-state index in [0.717, 1.165) is 0 Å². The van der Waals surface area contributed by atoms with Crippen molar-refractivity contribution in [2.75, 3.05) is 0 Å². The van der Waals surface area contributed by atoms with E-state index in [-0.39, 0.29) is 0 Å². The molecule has 0 saturated carbocycles. The summed E-state index contributed by atoms with van der Waals surface area (Å²) in [4.78, 5) is 0. The number of hydrogen-bond donors (Lipinski definition) is 0. The Balaban J connectivity index is 4.65. The third kappa shape index (κ3) is 5.21. The molecule has 92 valence electrons. The highest BCUT2D eigenvalue weighted by atomic mass is 32.3. The van der Waals surface area contributed by atoms with Crippen LogP contribution in [0.3, 0.4) is 0 Å². The Morgan fingerprint density at radius 1 is 0.800 bits per heavy atom. The van der Waals surface area contributed by atoms with Gasteiger partial charge in [0.05, 0.1) is 0 Å². The number of rotatable bonds is 6. The van der Waals surface area contributed by atoms with Crippen LogP contribution in [0.2, 0.25) is 0 Å². The summed E-state index contributed by atoms with van der Waals surface area (Å²) in [5.41, 5.74) is 0. The van der Waals surface area contributed by atoms with E-state index in [1.54, 1.807) is 0 Å². The van der Waals surface area contributed by atoms with Crippen LogP contribution < -0.4 is 0 Å². The van der Waals surface area contributed by atoms with Crippen molar-refractivity contribution in [3.8, 4) is 0 Å². The average molecular weight is 308 g/mol. The van der Waals surface area contributed by atoms with Crippen molar-refractivity contribution in [3.63, 3.8) is 0 Å². The highest BCUT2D eigenvalue weighted by Gasteiger charge is 2.35. The van der Waals surface area contributed by atoms with Gasteiger partial charge in [0.15, 0.2) is 0 Å². The number of alkyl halides is 2. The minimum Gasteiger partial charge on any atom is -0.456 e. The molecule has 0 aromatic carbocycles. The van der Waals surface area contributed by atoms with Crippen molar-refractivity contribution in [2.24, 2.45) is 0 Å². The molecule has 0 aliphatic rings. The van der Waals surface area contributed by atoms with Gasteiger partial charge in [-0.15, -0.1) is 0 Å². The van der Waals surface area contributed by atoms with Gasteiger partial charge in [0.2, 0.25) is 0 Å². The third-order valence-electron chi connectivity index (χ3n) is 0.659. The van der Waals surface area contributed by atoms with Crippen molar-refractivity contribution in [3.05, 3.63) is 8.25 Å². The lowest BCUT2D eigenvalue weighted by molar-refractivity contribution is 0.199. The molecule has 0 rings (SSSR count). The SMILES string of the molecule is O=S(F)[N-]S(=O)C(F)(F)S(=O)[N-]S(=O)F. The van der Waals surface area contributed by atoms with Crippen molar-refractivity contribution in [1.29, 1.82) is 0 Å². The van der Waals surface area contributed by atoms with Crippen LogP contribution in [-0.4, -0.2) is 21.4 Å². The van der Waals surface area contributed by atoms with Crippen molar-refractivity contribution in [2.45, 2.75) is 4.59 Å². The predicted octanol–water partition coefficient (Wildman–Crippen LogP) is 0.708. The van der Waals surface area contributed by atoms with E-state index >= 15 is 0 Å². The molecule has 15 heavy (non-hydrogen) atoms. The van der Waals surface area contributed by atoms with Crippen LogP contribution in [0.25, 0.3) is 8.25 Å². The van der Waals surface area contributed by atoms with Gasteiger partial charge >= 0.3 is 4.59 Å². The maximum absolute atomic E-state index is 12.5. The lowest BCUT2D eigenvalue weighted by Crippen LogP contribution is -2.27. The fraction of sp³-hybridized carbons (Fsp3) is 1.00. The second-order valence-electron chi connectivity index (χ2n) is 1.52. The van der Waals surface area contributed by atoms with Crippen LogP contribution in [0.5, 0.6) is 0 Å². The van der Waals surface area contributed by atoms with Crippen molar-refractivity contribution < 1.29 is 33.4 Å². The van der Waals surface area contributed by atoms with E-state index < -0.39 is 49.3 Å². The first-order valence-electron chi connectivity index (χ1n) is 2.49. The highest BCUT2D eigenvalue weighted by molar-refractivity contribution is 8.15. The molecule has 0 saturated heterocycles. The Bertz CT molecular complexity index is 303. The Morgan fingerprint density at radius 2 is 1.07 bits per heavy atom. The zero-order valence-corrected chi connectivity index (χ0v) is 9.44. The van der Waals surface area contributed by atoms with Gasteiger partial charge < -0.3 is 8.25 Å². The fourth-order valence-electron chi connectivity index (χ4n) is 0.254. The largest absolute Gasteiger partial charge is 0.456 e. The molecule has 14 heteroatoms. The van der Waals surface area contributed by atoms with Crippen molar-refractivity contribution >= 4 is 44.7 Å². The molecule has 0 aliphatic carbocycles. The van der Waals surface area contributed by atoms with E-state index in [4.69, 9.17) is 0 Å². The van der Waals surface area contributed by atoms with Gasteiger partial charge in [0.25, 0.3) is 0 Å². The van der Waals surface area contributed by atoms with E-state index in [1.807, 2.05) is 8.25 Å². The Morgan fingerprint density at radius 3 is 1.27 bits per heavy atom. The molecule has 0 bridgehead atoms. The lowest BCUT2D eigenvalue weighted by atomic mass is 11.6. The van der Waals surface area contributed by atoms with Gasteiger partial charge in [-0.05, 0) is 0 Å². The van der Waals surface area contributed by atoms with Crippen LogP contribution in [-0.2, 0) is 44.7 Å². The van der Waals surface area contributed by atoms with Gasteiger partial charge in [-0.3, -0.25) is 8.42 Å². The van der Waals surface area contributed by atoms with Crippen LogP contribution >= 0.6 is 0 Å². The molecular formula is CF4N2O4S4-2. The van der Waals surface area contributed by atoms with Crippen LogP contribution in [0.15, 0.2) is 0 Å². The zero-order valence-electron chi connectivity index (χ0n) is 6.17. The van der Waals surface area contributed by atoms with Crippen LogP contribution in [0.4, 0.5) is 16.6 Å². The topological polar surface area (TPSA) is 96.5 Å². The number of nitrogens with zero attached hydrogens (tertiary/aromatic N) is 2. The molecule has 0 aliphatic heterocycles. The monoisotopic (exact) mass is 308 g/mol. The summed E-state index contributed by atoms with van der Waals surface area (Å²) in [6.07, 6.45) is 0. The Hall–Kier alpha value is 0.240. The van der Waals surface area contributed by atoms with E-state index in [9.17, 15) is 33.4 Å². The molecule has 0 spiro atoms. The summed E-state index contributed by atoms with van der Waals surface area (Å²) < 4.78 is 87.1. The molecule has 0 fully saturated rings. The minimum atomic E-state index is -4.77. The van der Waals surface area contributed by atoms with Crippen molar-refractivity contribution in [1.82, 2.24) is 0 Å². The minimum absolute atomic E-state index is 1.83. The molecule has 0 N–H and O–H groups in total. The summed E-state index contributed by atoms with van der Waals surface area (Å²) in [6.45, 7) is 0. The summed E-state index contributed by atoms with van der Waals surface area (Å²) in [7, 11) is -7.57. The number of halogens is 4. The smallest absolute Gasteiger partial charge is 0.363 e. The summed E-state index contributed by atoms with van der Waals surface area (Å²) >= 11 is -7.34. The number of hydrogen-bond acceptors (Lipinski definition) is 4. The zero-order chi connectivity index (χ0) is 12.2. The van der Waals surface area contributed by atoms with Gasteiger partial charge in [0, 0.05) is 22.0 Å². The summed E-state index contributed by atoms with van der Waals surface area (Å²) in [5.74, 6) is 0. The molecule has 0 aromatic rings. The predicted molar refractivity (Wildman–Crippen MR) is 46.5 cm³/mol. The maximum atomic E-state index is 12.5. The molecule has 0 aromatic heterocycles. The first-order valence-corrected chi connectivity index (χ1v) is 6.72. The van der Waals surface area contributed by atoms with Crippen LogP contribution in [0.1, 0.15) is 0 Å². The highest BCUT2D eigenvalue weighted by Crippen LogP contribution is 2.31. The van der Waals surface area contributed by atoms with E-state index in [1.165, 1.54) is 0 Å². The first kappa shape index (κ1) is 15.2. The molecule has 0 amide bonds. The average Bonchev–Trinajstić information content (AvgIpc) is 2.01. The molecular weight excluding hydrogens is 308 g/mol. The Labute approximate surface area is 91.1 Å². The maximum Gasteiger partial charge on any atom is 0.363 e. The molecule has 0 radical (unpaired) electrons. The van der Waals surface area contributed by atoms with Gasteiger partial charge in [0.1, 0.15) is 22.7 Å².